The third kappa shape index (κ3) is 6.54. The van der Waals surface area contributed by atoms with Gasteiger partial charge in [-0.15, -0.1) is 0 Å². The van der Waals surface area contributed by atoms with Crippen LogP contribution in [0.5, 0.6) is 0 Å². The molecular weight excluding hydrogens is 168 g/mol. The maximum absolute atomic E-state index is 11.2. The van der Waals surface area contributed by atoms with Gasteiger partial charge in [-0.3, -0.25) is 4.79 Å². The van der Waals surface area contributed by atoms with Crippen molar-refractivity contribution in [3.05, 3.63) is 0 Å². The first-order chi connectivity index (χ1) is 5.93. The molecule has 0 radical (unpaired) electrons. The minimum Gasteiger partial charge on any atom is -0.392 e. The first-order valence-electron chi connectivity index (χ1n) is 4.50. The lowest BCUT2D eigenvalue weighted by atomic mass is 10.3. The number of carbonyl (C=O) groups is 1. The summed E-state index contributed by atoms with van der Waals surface area (Å²) in [6.07, 6.45) is 0.176. The van der Waals surface area contributed by atoms with Crippen molar-refractivity contribution in [1.29, 1.82) is 0 Å². The third-order valence-corrected chi connectivity index (χ3v) is 1.78. The van der Waals surface area contributed by atoms with Gasteiger partial charge in [0.05, 0.1) is 6.10 Å². The Bertz CT molecular complexity index is 158. The Morgan fingerprint density at radius 3 is 2.31 bits per heavy atom. The summed E-state index contributed by atoms with van der Waals surface area (Å²) < 4.78 is 0. The maximum Gasteiger partial charge on any atom is 0.223 e. The van der Waals surface area contributed by atoms with Crippen molar-refractivity contribution in [1.82, 2.24) is 9.80 Å². The number of aliphatic hydroxyl groups is 1. The van der Waals surface area contributed by atoms with Gasteiger partial charge >= 0.3 is 0 Å². The fraction of sp³-hybridized carbons (Fsp3) is 0.889. The van der Waals surface area contributed by atoms with Crippen LogP contribution in [0, 0.1) is 0 Å². The monoisotopic (exact) mass is 188 g/mol. The molecule has 4 nitrogen and oxygen atoms in total. The summed E-state index contributed by atoms with van der Waals surface area (Å²) in [4.78, 5) is 14.7. The molecule has 0 aliphatic rings. The van der Waals surface area contributed by atoms with Crippen molar-refractivity contribution >= 4 is 5.91 Å². The molecule has 0 aromatic rings. The topological polar surface area (TPSA) is 43.8 Å². The molecule has 4 heteroatoms. The lowest BCUT2D eigenvalue weighted by molar-refractivity contribution is -0.129. The molecule has 0 aliphatic heterocycles. The average molecular weight is 188 g/mol. The van der Waals surface area contributed by atoms with E-state index in [2.05, 4.69) is 0 Å². The Morgan fingerprint density at radius 1 is 1.38 bits per heavy atom. The average Bonchev–Trinajstić information content (AvgIpc) is 1.98. The van der Waals surface area contributed by atoms with Crippen LogP contribution in [-0.4, -0.2) is 61.2 Å². The van der Waals surface area contributed by atoms with Gasteiger partial charge in [0.2, 0.25) is 5.91 Å². The van der Waals surface area contributed by atoms with E-state index in [1.54, 1.807) is 25.9 Å². The summed E-state index contributed by atoms with van der Waals surface area (Å²) >= 11 is 0. The highest BCUT2D eigenvalue weighted by Crippen LogP contribution is 1.93. The fourth-order valence-electron chi connectivity index (χ4n) is 1.05. The first-order valence-corrected chi connectivity index (χ1v) is 4.50. The zero-order valence-corrected chi connectivity index (χ0v) is 8.95. The highest BCUT2D eigenvalue weighted by molar-refractivity contribution is 5.75. The lowest BCUT2D eigenvalue weighted by Gasteiger charge is -2.18. The normalized spacial score (nSPS) is 13.1. The van der Waals surface area contributed by atoms with Gasteiger partial charge in [0.25, 0.3) is 0 Å². The smallest absolute Gasteiger partial charge is 0.223 e. The van der Waals surface area contributed by atoms with Crippen molar-refractivity contribution in [2.24, 2.45) is 0 Å². The first kappa shape index (κ1) is 12.4. The van der Waals surface area contributed by atoms with E-state index in [0.717, 1.165) is 0 Å². The standard InChI is InChI=1S/C9H20N2O2/c1-8(12)7-11(4)6-5-9(13)10(2)3/h8,12H,5-7H2,1-4H3. The van der Waals surface area contributed by atoms with Crippen molar-refractivity contribution in [3.8, 4) is 0 Å². The van der Waals surface area contributed by atoms with E-state index in [0.29, 0.717) is 19.5 Å². The fourth-order valence-corrected chi connectivity index (χ4v) is 1.05. The number of rotatable bonds is 5. The van der Waals surface area contributed by atoms with Gasteiger partial charge in [-0.2, -0.15) is 0 Å². The summed E-state index contributed by atoms with van der Waals surface area (Å²) in [5.74, 6) is 0.123. The van der Waals surface area contributed by atoms with Crippen LogP contribution in [0.15, 0.2) is 0 Å². The summed E-state index contributed by atoms with van der Waals surface area (Å²) in [6.45, 7) is 3.05. The summed E-state index contributed by atoms with van der Waals surface area (Å²) in [5.41, 5.74) is 0. The van der Waals surface area contributed by atoms with E-state index < -0.39 is 0 Å². The molecule has 0 rings (SSSR count). The van der Waals surface area contributed by atoms with Crippen LogP contribution in [-0.2, 0) is 4.79 Å². The van der Waals surface area contributed by atoms with E-state index >= 15 is 0 Å². The van der Waals surface area contributed by atoms with Crippen molar-refractivity contribution < 1.29 is 9.90 Å². The molecule has 0 aromatic carbocycles. The second kappa shape index (κ2) is 5.94. The van der Waals surface area contributed by atoms with Gasteiger partial charge in [-0.1, -0.05) is 0 Å². The van der Waals surface area contributed by atoms with E-state index in [1.807, 2.05) is 11.9 Å². The Hall–Kier alpha value is -0.610. The van der Waals surface area contributed by atoms with Gasteiger partial charge in [-0.25, -0.2) is 0 Å². The summed E-state index contributed by atoms with van der Waals surface area (Å²) in [5, 5.41) is 9.06. The van der Waals surface area contributed by atoms with Crippen LogP contribution in [0.4, 0.5) is 0 Å². The zero-order chi connectivity index (χ0) is 10.4. The van der Waals surface area contributed by atoms with Gasteiger partial charge < -0.3 is 14.9 Å². The number of hydrogen-bond donors (Lipinski definition) is 1. The van der Waals surface area contributed by atoms with Crippen LogP contribution in [0.3, 0.4) is 0 Å². The molecule has 0 fully saturated rings. The quantitative estimate of drug-likeness (QED) is 0.648. The molecule has 78 valence electrons. The van der Waals surface area contributed by atoms with Crippen molar-refractivity contribution in [2.75, 3.05) is 34.2 Å². The SMILES string of the molecule is CC(O)CN(C)CCC(=O)N(C)C. The lowest BCUT2D eigenvalue weighted by Crippen LogP contribution is -2.31. The highest BCUT2D eigenvalue weighted by atomic mass is 16.3. The van der Waals surface area contributed by atoms with Crippen molar-refractivity contribution in [3.63, 3.8) is 0 Å². The Labute approximate surface area is 80.1 Å². The van der Waals surface area contributed by atoms with Gasteiger partial charge in [0, 0.05) is 33.6 Å². The van der Waals surface area contributed by atoms with E-state index in [4.69, 9.17) is 5.11 Å². The molecule has 13 heavy (non-hydrogen) atoms. The number of aliphatic hydroxyl groups excluding tert-OH is 1. The largest absolute Gasteiger partial charge is 0.392 e. The van der Waals surface area contributed by atoms with Gasteiger partial charge in [0.1, 0.15) is 0 Å². The number of likely N-dealkylation sites (N-methyl/N-ethyl adjacent to an activating group) is 1. The molecule has 0 bridgehead atoms. The van der Waals surface area contributed by atoms with Crippen LogP contribution in [0.2, 0.25) is 0 Å². The van der Waals surface area contributed by atoms with Crippen LogP contribution in [0.1, 0.15) is 13.3 Å². The maximum atomic E-state index is 11.2. The Balaban J connectivity index is 3.58. The summed E-state index contributed by atoms with van der Waals surface area (Å²) in [6, 6.07) is 0. The molecule has 1 atom stereocenters. The highest BCUT2D eigenvalue weighted by Gasteiger charge is 2.07. The number of carbonyl (C=O) groups excluding carboxylic acids is 1. The molecule has 0 spiro atoms. The minimum atomic E-state index is -0.334. The Kier molecular flexibility index (Phi) is 5.66. The minimum absolute atomic E-state index is 0.123. The second-order valence-corrected chi connectivity index (χ2v) is 3.65. The van der Waals surface area contributed by atoms with E-state index in [1.165, 1.54) is 0 Å². The predicted octanol–water partition coefficient (Wildman–Crippen LogP) is -0.223. The number of nitrogens with zero attached hydrogens (tertiary/aromatic N) is 2. The van der Waals surface area contributed by atoms with Gasteiger partial charge in [-0.05, 0) is 14.0 Å². The second-order valence-electron chi connectivity index (χ2n) is 3.65. The molecule has 0 saturated carbocycles. The van der Waals surface area contributed by atoms with Crippen molar-refractivity contribution in [2.45, 2.75) is 19.4 Å². The van der Waals surface area contributed by atoms with E-state index in [-0.39, 0.29) is 12.0 Å². The number of hydrogen-bond acceptors (Lipinski definition) is 3. The van der Waals surface area contributed by atoms with Crippen LogP contribution in [0.25, 0.3) is 0 Å². The molecule has 1 amide bonds. The van der Waals surface area contributed by atoms with Crippen LogP contribution < -0.4 is 0 Å². The molecule has 1 unspecified atom stereocenters. The van der Waals surface area contributed by atoms with Crippen LogP contribution >= 0.6 is 0 Å². The molecule has 0 heterocycles. The summed E-state index contributed by atoms with van der Waals surface area (Å²) in [7, 11) is 5.39. The van der Waals surface area contributed by atoms with Gasteiger partial charge in [0.15, 0.2) is 0 Å². The molecule has 0 aromatic heterocycles. The third-order valence-electron chi connectivity index (χ3n) is 1.78. The zero-order valence-electron chi connectivity index (χ0n) is 8.95. The molecule has 1 N–H and O–H groups in total. The Morgan fingerprint density at radius 2 is 1.92 bits per heavy atom. The molecule has 0 aliphatic carbocycles. The predicted molar refractivity (Wildman–Crippen MR) is 52.5 cm³/mol. The van der Waals surface area contributed by atoms with E-state index in [9.17, 15) is 4.79 Å². The molecular formula is C9H20N2O2. The number of amides is 1. The molecule has 0 saturated heterocycles.